The van der Waals surface area contributed by atoms with E-state index in [0.29, 0.717) is 19.8 Å². The molecular formula is C12H19IO3. The van der Waals surface area contributed by atoms with Crippen LogP contribution >= 0.6 is 22.6 Å². The fourth-order valence-corrected chi connectivity index (χ4v) is 2.07. The zero-order valence-corrected chi connectivity index (χ0v) is 12.2. The molecule has 0 bridgehead atoms. The van der Waals surface area contributed by atoms with Crippen LogP contribution in [0.15, 0.2) is 0 Å². The van der Waals surface area contributed by atoms with Crippen LogP contribution in [0.5, 0.6) is 0 Å². The fraction of sp³-hybridized carbons (Fsp3) is 0.833. The first-order valence-corrected chi connectivity index (χ1v) is 6.53. The Hall–Kier alpha value is 0.170. The van der Waals surface area contributed by atoms with Gasteiger partial charge in [-0.3, -0.25) is 0 Å². The zero-order chi connectivity index (χ0) is 12.2. The summed E-state index contributed by atoms with van der Waals surface area (Å²) in [6.45, 7) is 7.51. The van der Waals surface area contributed by atoms with Gasteiger partial charge >= 0.3 is 0 Å². The first-order chi connectivity index (χ1) is 7.43. The van der Waals surface area contributed by atoms with E-state index < -0.39 is 5.79 Å². The Morgan fingerprint density at radius 3 is 2.81 bits per heavy atom. The molecule has 4 heteroatoms. The minimum atomic E-state index is -0.534. The van der Waals surface area contributed by atoms with E-state index in [-0.39, 0.29) is 9.53 Å². The molecule has 0 radical (unpaired) electrons. The predicted molar refractivity (Wildman–Crippen MR) is 71.6 cm³/mol. The van der Waals surface area contributed by atoms with Crippen molar-refractivity contribution in [2.75, 3.05) is 19.8 Å². The number of alkyl halides is 1. The molecule has 1 aliphatic heterocycles. The molecule has 0 N–H and O–H groups in total. The van der Waals surface area contributed by atoms with Gasteiger partial charge in [-0.05, 0) is 20.3 Å². The van der Waals surface area contributed by atoms with E-state index in [1.54, 1.807) is 0 Å². The summed E-state index contributed by atoms with van der Waals surface area (Å²) >= 11 is 2.40. The number of hydrogen-bond donors (Lipinski definition) is 0. The molecule has 0 aromatic rings. The van der Waals surface area contributed by atoms with Gasteiger partial charge < -0.3 is 14.2 Å². The van der Waals surface area contributed by atoms with Crippen molar-refractivity contribution in [3.8, 4) is 12.3 Å². The standard InChI is InChI=1S/C12H19IO3/c1-5-7-14-8-10-12(13,6-2)9-15-11(3,4)16-10/h1,10H,6-9H2,2-4H3. The topological polar surface area (TPSA) is 27.7 Å². The lowest BCUT2D eigenvalue weighted by atomic mass is 9.99. The van der Waals surface area contributed by atoms with Gasteiger partial charge in [-0.1, -0.05) is 35.4 Å². The van der Waals surface area contributed by atoms with Gasteiger partial charge in [0.2, 0.25) is 0 Å². The Kier molecular flexibility index (Phi) is 5.05. The van der Waals surface area contributed by atoms with Crippen LogP contribution in [-0.4, -0.2) is 35.1 Å². The predicted octanol–water partition coefficient (Wildman–Crippen LogP) is 2.37. The summed E-state index contributed by atoms with van der Waals surface area (Å²) in [4.78, 5) is 0. The molecular weight excluding hydrogens is 319 g/mol. The molecule has 2 atom stereocenters. The number of hydrogen-bond acceptors (Lipinski definition) is 3. The molecule has 0 aliphatic carbocycles. The molecule has 0 spiro atoms. The quantitative estimate of drug-likeness (QED) is 0.341. The molecule has 1 aliphatic rings. The van der Waals surface area contributed by atoms with Crippen molar-refractivity contribution in [1.29, 1.82) is 0 Å². The molecule has 2 unspecified atom stereocenters. The number of ether oxygens (including phenoxy) is 3. The van der Waals surface area contributed by atoms with Crippen LogP contribution in [0.3, 0.4) is 0 Å². The van der Waals surface area contributed by atoms with E-state index >= 15 is 0 Å². The van der Waals surface area contributed by atoms with Crippen molar-refractivity contribution in [2.45, 2.75) is 42.5 Å². The summed E-state index contributed by atoms with van der Waals surface area (Å²) < 4.78 is 17.0. The average Bonchev–Trinajstić information content (AvgIpc) is 2.24. The summed E-state index contributed by atoms with van der Waals surface area (Å²) in [5, 5.41) is 0. The molecule has 1 rings (SSSR count). The maximum absolute atomic E-state index is 5.90. The Balaban J connectivity index is 2.62. The highest BCUT2D eigenvalue weighted by Gasteiger charge is 2.45. The second-order valence-corrected chi connectivity index (χ2v) is 6.55. The minimum absolute atomic E-state index is 0.0233. The molecule has 1 fully saturated rings. The molecule has 92 valence electrons. The summed E-state index contributed by atoms with van der Waals surface area (Å²) in [6.07, 6.45) is 6.16. The normalized spacial score (nSPS) is 33.3. The molecule has 1 heterocycles. The van der Waals surface area contributed by atoms with E-state index in [1.807, 2.05) is 13.8 Å². The molecule has 16 heavy (non-hydrogen) atoms. The number of rotatable bonds is 4. The number of terminal acetylenes is 1. The summed E-state index contributed by atoms with van der Waals surface area (Å²) in [5.74, 6) is 1.93. The molecule has 0 amide bonds. The highest BCUT2D eigenvalue weighted by Crippen LogP contribution is 2.38. The zero-order valence-electron chi connectivity index (χ0n) is 10.1. The third kappa shape index (κ3) is 3.59. The van der Waals surface area contributed by atoms with Gasteiger partial charge in [-0.25, -0.2) is 0 Å². The molecule has 1 saturated heterocycles. The van der Waals surface area contributed by atoms with E-state index in [2.05, 4.69) is 35.4 Å². The third-order valence-corrected chi connectivity index (χ3v) is 4.47. The van der Waals surface area contributed by atoms with Crippen molar-refractivity contribution in [3.05, 3.63) is 0 Å². The van der Waals surface area contributed by atoms with Crippen molar-refractivity contribution in [2.24, 2.45) is 0 Å². The van der Waals surface area contributed by atoms with Gasteiger partial charge in [0, 0.05) is 0 Å². The van der Waals surface area contributed by atoms with Crippen LogP contribution in [0.4, 0.5) is 0 Å². The van der Waals surface area contributed by atoms with Crippen LogP contribution in [-0.2, 0) is 14.2 Å². The van der Waals surface area contributed by atoms with Crippen LogP contribution in [0.25, 0.3) is 0 Å². The molecule has 3 nitrogen and oxygen atoms in total. The second-order valence-electron chi connectivity index (χ2n) is 4.40. The average molecular weight is 338 g/mol. The minimum Gasteiger partial charge on any atom is -0.366 e. The second kappa shape index (κ2) is 5.67. The van der Waals surface area contributed by atoms with Gasteiger partial charge in [0.15, 0.2) is 5.79 Å². The monoisotopic (exact) mass is 338 g/mol. The summed E-state index contributed by atoms with van der Waals surface area (Å²) in [6, 6.07) is 0. The molecule has 0 aromatic heterocycles. The van der Waals surface area contributed by atoms with Gasteiger partial charge in [0.25, 0.3) is 0 Å². The van der Waals surface area contributed by atoms with E-state index in [4.69, 9.17) is 20.6 Å². The van der Waals surface area contributed by atoms with E-state index in [9.17, 15) is 0 Å². The Bertz CT molecular complexity index is 272. The molecule has 0 aromatic carbocycles. The van der Waals surface area contributed by atoms with Gasteiger partial charge in [0.05, 0.1) is 16.6 Å². The van der Waals surface area contributed by atoms with Crippen molar-refractivity contribution in [3.63, 3.8) is 0 Å². The lowest BCUT2D eigenvalue weighted by Crippen LogP contribution is -2.55. The maximum Gasteiger partial charge on any atom is 0.163 e. The smallest absolute Gasteiger partial charge is 0.163 e. The van der Waals surface area contributed by atoms with Crippen molar-refractivity contribution >= 4 is 22.6 Å². The Labute approximate surface area is 111 Å². The first kappa shape index (κ1) is 14.2. The van der Waals surface area contributed by atoms with E-state index in [0.717, 1.165) is 6.42 Å². The molecule has 0 saturated carbocycles. The summed E-state index contributed by atoms with van der Waals surface area (Å²) in [7, 11) is 0. The highest BCUT2D eigenvalue weighted by atomic mass is 127. The van der Waals surface area contributed by atoms with Crippen molar-refractivity contribution in [1.82, 2.24) is 0 Å². The number of halogens is 1. The van der Waals surface area contributed by atoms with Crippen LogP contribution in [0.1, 0.15) is 27.2 Å². The third-order valence-electron chi connectivity index (χ3n) is 2.71. The van der Waals surface area contributed by atoms with Gasteiger partial charge in [-0.2, -0.15) is 0 Å². The Morgan fingerprint density at radius 2 is 2.25 bits per heavy atom. The lowest BCUT2D eigenvalue weighted by Gasteiger charge is -2.45. The lowest BCUT2D eigenvalue weighted by molar-refractivity contribution is -0.289. The van der Waals surface area contributed by atoms with Crippen LogP contribution < -0.4 is 0 Å². The van der Waals surface area contributed by atoms with E-state index in [1.165, 1.54) is 0 Å². The highest BCUT2D eigenvalue weighted by molar-refractivity contribution is 14.1. The van der Waals surface area contributed by atoms with Crippen LogP contribution in [0, 0.1) is 12.3 Å². The fourth-order valence-electron chi connectivity index (χ4n) is 1.61. The van der Waals surface area contributed by atoms with Gasteiger partial charge in [0.1, 0.15) is 12.7 Å². The SMILES string of the molecule is C#CCOCC1OC(C)(C)OCC1(I)CC. The largest absolute Gasteiger partial charge is 0.366 e. The maximum atomic E-state index is 5.90. The van der Waals surface area contributed by atoms with Gasteiger partial charge in [-0.15, -0.1) is 6.42 Å². The van der Waals surface area contributed by atoms with Crippen LogP contribution in [0.2, 0.25) is 0 Å². The van der Waals surface area contributed by atoms with Crippen molar-refractivity contribution < 1.29 is 14.2 Å². The first-order valence-electron chi connectivity index (χ1n) is 5.45. The Morgan fingerprint density at radius 1 is 1.56 bits per heavy atom. The summed E-state index contributed by atoms with van der Waals surface area (Å²) in [5.41, 5.74) is 0.